The van der Waals surface area contributed by atoms with Gasteiger partial charge in [-0.25, -0.2) is 0 Å². The molecular formula is C10H19ClN4S. The van der Waals surface area contributed by atoms with Gasteiger partial charge in [0.15, 0.2) is 0 Å². The Morgan fingerprint density at radius 2 is 2.50 bits per heavy atom. The van der Waals surface area contributed by atoms with Gasteiger partial charge in [0.25, 0.3) is 0 Å². The third-order valence-electron chi connectivity index (χ3n) is 2.86. The molecule has 2 heterocycles. The van der Waals surface area contributed by atoms with Crippen LogP contribution in [0.3, 0.4) is 0 Å². The fourth-order valence-corrected chi connectivity index (χ4v) is 2.53. The monoisotopic (exact) mass is 262 g/mol. The van der Waals surface area contributed by atoms with E-state index >= 15 is 0 Å². The van der Waals surface area contributed by atoms with E-state index in [-0.39, 0.29) is 12.4 Å². The maximum atomic E-state index is 4.11. The van der Waals surface area contributed by atoms with Crippen molar-refractivity contribution in [2.75, 3.05) is 19.6 Å². The zero-order chi connectivity index (χ0) is 10.5. The molecule has 0 aliphatic carbocycles. The van der Waals surface area contributed by atoms with Crippen molar-refractivity contribution in [1.29, 1.82) is 0 Å². The number of hydrogen-bond donors (Lipinski definition) is 1. The van der Waals surface area contributed by atoms with Gasteiger partial charge in [0.1, 0.15) is 0 Å². The standard InChI is InChI=1S/C10H18N4S.ClH/c1-2-3-10-6-11-4-5-14(10)7-9-8-15-13-12-9;/h8,10-11H,2-7H2,1H3;1H. The van der Waals surface area contributed by atoms with Gasteiger partial charge >= 0.3 is 0 Å². The molecule has 1 aromatic heterocycles. The highest BCUT2D eigenvalue weighted by Gasteiger charge is 2.21. The molecule has 1 aromatic rings. The van der Waals surface area contributed by atoms with Gasteiger partial charge in [-0.1, -0.05) is 17.8 Å². The molecule has 1 saturated heterocycles. The normalized spacial score (nSPS) is 21.7. The van der Waals surface area contributed by atoms with Crippen molar-refractivity contribution in [3.05, 3.63) is 11.1 Å². The van der Waals surface area contributed by atoms with Gasteiger partial charge < -0.3 is 5.32 Å². The number of rotatable bonds is 4. The molecule has 1 atom stereocenters. The van der Waals surface area contributed by atoms with Crippen LogP contribution < -0.4 is 5.32 Å². The van der Waals surface area contributed by atoms with Crippen molar-refractivity contribution in [1.82, 2.24) is 19.8 Å². The molecule has 1 aliphatic rings. The van der Waals surface area contributed by atoms with E-state index < -0.39 is 0 Å². The highest BCUT2D eigenvalue weighted by molar-refractivity contribution is 7.03. The third-order valence-corrected chi connectivity index (χ3v) is 3.42. The number of aromatic nitrogens is 2. The Bertz CT molecular complexity index is 278. The molecule has 92 valence electrons. The smallest absolute Gasteiger partial charge is 0.0895 e. The van der Waals surface area contributed by atoms with E-state index in [4.69, 9.17) is 0 Å². The zero-order valence-electron chi connectivity index (χ0n) is 9.56. The van der Waals surface area contributed by atoms with Crippen LogP contribution in [0.15, 0.2) is 5.38 Å². The van der Waals surface area contributed by atoms with E-state index in [1.54, 1.807) is 0 Å². The first-order valence-electron chi connectivity index (χ1n) is 5.61. The summed E-state index contributed by atoms with van der Waals surface area (Å²) < 4.78 is 3.91. The molecule has 4 nitrogen and oxygen atoms in total. The molecule has 1 aliphatic heterocycles. The van der Waals surface area contributed by atoms with Gasteiger partial charge in [-0.05, 0) is 18.0 Å². The zero-order valence-corrected chi connectivity index (χ0v) is 11.2. The maximum absolute atomic E-state index is 4.11. The predicted molar refractivity (Wildman–Crippen MR) is 69.1 cm³/mol. The Morgan fingerprint density at radius 1 is 1.62 bits per heavy atom. The summed E-state index contributed by atoms with van der Waals surface area (Å²) in [5.74, 6) is 0. The molecule has 0 saturated carbocycles. The largest absolute Gasteiger partial charge is 0.314 e. The average Bonchev–Trinajstić information content (AvgIpc) is 2.74. The third kappa shape index (κ3) is 3.66. The van der Waals surface area contributed by atoms with Crippen LogP contribution in [0.4, 0.5) is 0 Å². The van der Waals surface area contributed by atoms with Crippen LogP contribution in [0.5, 0.6) is 0 Å². The SMILES string of the molecule is CCCC1CNCCN1Cc1csnn1.Cl. The summed E-state index contributed by atoms with van der Waals surface area (Å²) in [5.41, 5.74) is 1.11. The average molecular weight is 263 g/mol. The minimum atomic E-state index is 0. The first-order valence-corrected chi connectivity index (χ1v) is 6.44. The highest BCUT2D eigenvalue weighted by Crippen LogP contribution is 2.13. The van der Waals surface area contributed by atoms with Crippen LogP contribution in [-0.4, -0.2) is 40.2 Å². The topological polar surface area (TPSA) is 41.0 Å². The van der Waals surface area contributed by atoms with Gasteiger partial charge in [0.05, 0.1) is 5.69 Å². The quantitative estimate of drug-likeness (QED) is 0.894. The Balaban J connectivity index is 0.00000128. The summed E-state index contributed by atoms with van der Waals surface area (Å²) in [6.07, 6.45) is 2.52. The first-order chi connectivity index (χ1) is 7.40. The minimum absolute atomic E-state index is 0. The summed E-state index contributed by atoms with van der Waals surface area (Å²) in [5, 5.41) is 9.61. The van der Waals surface area contributed by atoms with Crippen molar-refractivity contribution in [3.8, 4) is 0 Å². The minimum Gasteiger partial charge on any atom is -0.314 e. The number of hydrogen-bond acceptors (Lipinski definition) is 5. The van der Waals surface area contributed by atoms with Gasteiger partial charge in [-0.15, -0.1) is 17.5 Å². The lowest BCUT2D eigenvalue weighted by atomic mass is 10.1. The summed E-state index contributed by atoms with van der Waals surface area (Å²) in [6.45, 7) is 6.55. The summed E-state index contributed by atoms with van der Waals surface area (Å²) in [7, 11) is 0. The molecule has 0 aromatic carbocycles. The Morgan fingerprint density at radius 3 is 3.19 bits per heavy atom. The molecule has 0 spiro atoms. The second-order valence-electron chi connectivity index (χ2n) is 4.01. The number of piperazine rings is 1. The van der Waals surface area contributed by atoms with Gasteiger partial charge in [-0.3, -0.25) is 4.90 Å². The molecule has 1 N–H and O–H groups in total. The lowest BCUT2D eigenvalue weighted by Crippen LogP contribution is -2.50. The second kappa shape index (κ2) is 7.17. The van der Waals surface area contributed by atoms with Crippen LogP contribution in [0.25, 0.3) is 0 Å². The van der Waals surface area contributed by atoms with Crippen molar-refractivity contribution >= 4 is 23.9 Å². The van der Waals surface area contributed by atoms with Crippen molar-refractivity contribution in [3.63, 3.8) is 0 Å². The summed E-state index contributed by atoms with van der Waals surface area (Å²) in [4.78, 5) is 2.52. The van der Waals surface area contributed by atoms with Gasteiger partial charge in [-0.2, -0.15) is 0 Å². The molecule has 0 radical (unpaired) electrons. The van der Waals surface area contributed by atoms with E-state index in [9.17, 15) is 0 Å². The predicted octanol–water partition coefficient (Wildman–Crippen LogP) is 1.53. The van der Waals surface area contributed by atoms with Crippen LogP contribution in [-0.2, 0) is 6.54 Å². The maximum Gasteiger partial charge on any atom is 0.0895 e. The Kier molecular flexibility index (Phi) is 6.20. The van der Waals surface area contributed by atoms with Crippen molar-refractivity contribution < 1.29 is 0 Å². The fourth-order valence-electron chi connectivity index (χ4n) is 2.09. The van der Waals surface area contributed by atoms with Crippen LogP contribution in [0, 0.1) is 0 Å². The van der Waals surface area contributed by atoms with Crippen LogP contribution in [0.1, 0.15) is 25.5 Å². The molecule has 0 bridgehead atoms. The molecule has 6 heteroatoms. The van der Waals surface area contributed by atoms with Crippen molar-refractivity contribution in [2.45, 2.75) is 32.4 Å². The van der Waals surface area contributed by atoms with Gasteiger partial charge in [0.2, 0.25) is 0 Å². The van der Waals surface area contributed by atoms with Crippen LogP contribution >= 0.6 is 23.9 Å². The number of nitrogens with zero attached hydrogens (tertiary/aromatic N) is 3. The molecule has 2 rings (SSSR count). The Labute approximate surface area is 107 Å². The van der Waals surface area contributed by atoms with Gasteiger partial charge in [0, 0.05) is 37.6 Å². The van der Waals surface area contributed by atoms with E-state index in [1.807, 2.05) is 5.38 Å². The first kappa shape index (κ1) is 13.8. The highest BCUT2D eigenvalue weighted by atomic mass is 35.5. The summed E-state index contributed by atoms with van der Waals surface area (Å²) >= 11 is 1.44. The Hall–Kier alpha value is -0.230. The molecular weight excluding hydrogens is 244 g/mol. The number of halogens is 1. The van der Waals surface area contributed by atoms with Crippen LogP contribution in [0.2, 0.25) is 0 Å². The van der Waals surface area contributed by atoms with E-state index in [1.165, 1.54) is 24.4 Å². The second-order valence-corrected chi connectivity index (χ2v) is 4.62. The molecule has 1 fully saturated rings. The molecule has 16 heavy (non-hydrogen) atoms. The van der Waals surface area contributed by atoms with E-state index in [2.05, 4.69) is 26.7 Å². The van der Waals surface area contributed by atoms with Crippen molar-refractivity contribution in [2.24, 2.45) is 0 Å². The van der Waals surface area contributed by atoms with E-state index in [0.29, 0.717) is 6.04 Å². The lowest BCUT2D eigenvalue weighted by molar-refractivity contribution is 0.142. The molecule has 1 unspecified atom stereocenters. The number of nitrogens with one attached hydrogen (secondary N) is 1. The fraction of sp³-hybridized carbons (Fsp3) is 0.800. The lowest BCUT2D eigenvalue weighted by Gasteiger charge is -2.35. The van der Waals surface area contributed by atoms with E-state index in [0.717, 1.165) is 31.9 Å². The summed E-state index contributed by atoms with van der Waals surface area (Å²) in [6, 6.07) is 0.672. The molecule has 0 amide bonds.